The van der Waals surface area contributed by atoms with Gasteiger partial charge < -0.3 is 9.80 Å². The fourth-order valence-corrected chi connectivity index (χ4v) is 6.11. The summed E-state index contributed by atoms with van der Waals surface area (Å²) >= 11 is 1.32. The first-order valence-electron chi connectivity index (χ1n) is 9.52. The molecule has 4 rings (SSSR count). The van der Waals surface area contributed by atoms with Gasteiger partial charge >= 0.3 is 0 Å². The van der Waals surface area contributed by atoms with Gasteiger partial charge in [-0.2, -0.15) is 0 Å². The van der Waals surface area contributed by atoms with E-state index in [9.17, 15) is 8.42 Å². The quantitative estimate of drug-likeness (QED) is 0.720. The number of fused-ring (bicyclic) bond motifs is 1. The molecule has 2 aromatic heterocycles. The summed E-state index contributed by atoms with van der Waals surface area (Å²) in [5.74, 6) is 0.897. The first kappa shape index (κ1) is 21.5. The predicted octanol–water partition coefficient (Wildman–Crippen LogP) is 3.25. The third kappa shape index (κ3) is 4.68. The summed E-state index contributed by atoms with van der Waals surface area (Å²) in [5.41, 5.74) is 1.20. The SMILES string of the molecule is CN1CCN(c2nccc3sc(S(=O)(=O)NCC4=CCCCC4)cc23)CC1.Cl. The van der Waals surface area contributed by atoms with Gasteiger partial charge in [0.15, 0.2) is 0 Å². The van der Waals surface area contributed by atoms with Crippen molar-refractivity contribution in [1.29, 1.82) is 0 Å². The number of allylic oxidation sites excluding steroid dienone is 1. The van der Waals surface area contributed by atoms with Crippen molar-refractivity contribution in [3.63, 3.8) is 0 Å². The highest BCUT2D eigenvalue weighted by Gasteiger charge is 2.22. The number of anilines is 1. The molecule has 1 aliphatic carbocycles. The Morgan fingerprint density at radius 1 is 1.21 bits per heavy atom. The summed E-state index contributed by atoms with van der Waals surface area (Å²) in [7, 11) is -1.39. The lowest BCUT2D eigenvalue weighted by atomic mass is 10.0. The van der Waals surface area contributed by atoms with E-state index in [0.29, 0.717) is 10.8 Å². The van der Waals surface area contributed by atoms with Gasteiger partial charge in [0.1, 0.15) is 10.0 Å². The number of hydrogen-bond acceptors (Lipinski definition) is 6. The lowest BCUT2D eigenvalue weighted by Gasteiger charge is -2.33. The second-order valence-corrected chi connectivity index (χ2v) is 10.4. The van der Waals surface area contributed by atoms with Crippen LogP contribution in [0.2, 0.25) is 0 Å². The molecule has 0 unspecified atom stereocenters. The first-order chi connectivity index (χ1) is 13.0. The number of rotatable bonds is 5. The van der Waals surface area contributed by atoms with Crippen molar-refractivity contribution < 1.29 is 8.42 Å². The van der Waals surface area contributed by atoms with Crippen LogP contribution in [0.4, 0.5) is 5.82 Å². The average molecular weight is 443 g/mol. The Kier molecular flexibility index (Phi) is 6.98. The Morgan fingerprint density at radius 3 is 2.71 bits per heavy atom. The molecular formula is C19H27ClN4O2S2. The molecular weight excluding hydrogens is 416 g/mol. The summed E-state index contributed by atoms with van der Waals surface area (Å²) in [4.78, 5) is 9.11. The van der Waals surface area contributed by atoms with Crippen LogP contribution in [-0.4, -0.2) is 58.1 Å². The summed E-state index contributed by atoms with van der Waals surface area (Å²) in [6.45, 7) is 4.22. The maximum absolute atomic E-state index is 12.8. The van der Waals surface area contributed by atoms with Gasteiger partial charge in [-0.05, 0) is 44.9 Å². The molecule has 2 aromatic rings. The van der Waals surface area contributed by atoms with Gasteiger partial charge in [-0.15, -0.1) is 23.7 Å². The van der Waals surface area contributed by atoms with Crippen LogP contribution in [0.15, 0.2) is 34.2 Å². The van der Waals surface area contributed by atoms with Gasteiger partial charge in [-0.1, -0.05) is 11.6 Å². The Bertz CT molecular complexity index is 950. The Balaban J connectivity index is 0.00000225. The van der Waals surface area contributed by atoms with Crippen LogP contribution in [0, 0.1) is 0 Å². The molecule has 1 N–H and O–H groups in total. The molecule has 1 saturated heterocycles. The molecule has 0 amide bonds. The molecule has 0 radical (unpaired) electrons. The standard InChI is InChI=1S/C19H26N4O2S2.ClH/c1-22-9-11-23(12-10-22)19-16-13-18(26-17(16)7-8-20-19)27(24,25)21-14-15-5-3-2-4-6-15;/h5,7-8,13,21H,2-4,6,9-12,14H2,1H3;1H. The topological polar surface area (TPSA) is 65.5 Å². The molecule has 6 nitrogen and oxygen atoms in total. The van der Waals surface area contributed by atoms with E-state index >= 15 is 0 Å². The smallest absolute Gasteiger partial charge is 0.250 e. The number of nitrogens with zero attached hydrogens (tertiary/aromatic N) is 3. The van der Waals surface area contributed by atoms with Crippen LogP contribution in [0.25, 0.3) is 10.1 Å². The zero-order chi connectivity index (χ0) is 18.9. The lowest BCUT2D eigenvalue weighted by molar-refractivity contribution is 0.312. The highest BCUT2D eigenvalue weighted by atomic mass is 35.5. The second-order valence-electron chi connectivity index (χ2n) is 7.33. The highest BCUT2D eigenvalue weighted by molar-refractivity contribution is 7.91. The van der Waals surface area contributed by atoms with Crippen molar-refractivity contribution in [2.75, 3.05) is 44.7 Å². The monoisotopic (exact) mass is 442 g/mol. The molecule has 28 heavy (non-hydrogen) atoms. The van der Waals surface area contributed by atoms with Crippen molar-refractivity contribution in [2.45, 2.75) is 29.9 Å². The van der Waals surface area contributed by atoms with Gasteiger partial charge in [-0.3, -0.25) is 0 Å². The summed E-state index contributed by atoms with van der Waals surface area (Å²) < 4.78 is 29.7. The van der Waals surface area contributed by atoms with E-state index in [1.807, 2.05) is 6.07 Å². The van der Waals surface area contributed by atoms with Crippen molar-refractivity contribution in [3.8, 4) is 0 Å². The van der Waals surface area contributed by atoms with E-state index in [1.165, 1.54) is 23.3 Å². The molecule has 1 fully saturated rings. The van der Waals surface area contributed by atoms with Crippen LogP contribution in [0.1, 0.15) is 25.7 Å². The lowest BCUT2D eigenvalue weighted by Crippen LogP contribution is -2.44. The van der Waals surface area contributed by atoms with E-state index in [2.05, 4.69) is 32.6 Å². The third-order valence-corrected chi connectivity index (χ3v) is 8.32. The number of thiophene rings is 1. The molecule has 0 atom stereocenters. The summed E-state index contributed by atoms with van der Waals surface area (Å²) in [6.07, 6.45) is 8.35. The number of likely N-dealkylation sites (N-methyl/N-ethyl adjacent to an activating group) is 1. The Morgan fingerprint density at radius 2 is 2.00 bits per heavy atom. The van der Waals surface area contributed by atoms with Crippen LogP contribution < -0.4 is 9.62 Å². The zero-order valence-electron chi connectivity index (χ0n) is 16.1. The Hall–Kier alpha value is -1.19. The normalized spacial score (nSPS) is 18.8. The molecule has 1 aliphatic heterocycles. The molecule has 0 spiro atoms. The maximum Gasteiger partial charge on any atom is 0.250 e. The van der Waals surface area contributed by atoms with Gasteiger partial charge in [-0.25, -0.2) is 18.1 Å². The van der Waals surface area contributed by atoms with E-state index in [0.717, 1.165) is 61.3 Å². The number of sulfonamides is 1. The summed E-state index contributed by atoms with van der Waals surface area (Å²) in [6, 6.07) is 3.69. The number of pyridine rings is 1. The van der Waals surface area contributed by atoms with Crippen molar-refractivity contribution in [1.82, 2.24) is 14.6 Å². The maximum atomic E-state index is 12.8. The number of halogens is 1. The summed E-state index contributed by atoms with van der Waals surface area (Å²) in [5, 5.41) is 0.935. The molecule has 154 valence electrons. The van der Waals surface area contributed by atoms with Crippen LogP contribution >= 0.6 is 23.7 Å². The molecule has 2 aliphatic rings. The van der Waals surface area contributed by atoms with Gasteiger partial charge in [0.25, 0.3) is 0 Å². The molecule has 0 aromatic carbocycles. The number of aromatic nitrogens is 1. The minimum absolute atomic E-state index is 0. The predicted molar refractivity (Wildman–Crippen MR) is 118 cm³/mol. The average Bonchev–Trinajstić information content (AvgIpc) is 3.13. The van der Waals surface area contributed by atoms with Gasteiger partial charge in [0.2, 0.25) is 10.0 Å². The molecule has 0 saturated carbocycles. The number of nitrogens with one attached hydrogen (secondary N) is 1. The fraction of sp³-hybridized carbons (Fsp3) is 0.526. The van der Waals surface area contributed by atoms with Crippen molar-refractivity contribution in [3.05, 3.63) is 30.0 Å². The Labute approximate surface area is 177 Å². The minimum atomic E-state index is -3.50. The van der Waals surface area contributed by atoms with E-state index in [4.69, 9.17) is 0 Å². The molecule has 9 heteroatoms. The second kappa shape index (κ2) is 9.09. The first-order valence-corrected chi connectivity index (χ1v) is 11.8. The van der Waals surface area contributed by atoms with E-state index < -0.39 is 10.0 Å². The van der Waals surface area contributed by atoms with Gasteiger partial charge in [0.05, 0.1) is 0 Å². The van der Waals surface area contributed by atoms with E-state index in [1.54, 1.807) is 12.3 Å². The fourth-order valence-electron chi connectivity index (χ4n) is 3.65. The molecule has 3 heterocycles. The largest absolute Gasteiger partial charge is 0.354 e. The van der Waals surface area contributed by atoms with Crippen molar-refractivity contribution in [2.24, 2.45) is 0 Å². The van der Waals surface area contributed by atoms with Crippen LogP contribution in [0.3, 0.4) is 0 Å². The third-order valence-electron chi connectivity index (χ3n) is 5.34. The highest BCUT2D eigenvalue weighted by Crippen LogP contribution is 2.34. The van der Waals surface area contributed by atoms with Crippen LogP contribution in [-0.2, 0) is 10.0 Å². The van der Waals surface area contributed by atoms with Crippen LogP contribution in [0.5, 0.6) is 0 Å². The number of hydrogen-bond donors (Lipinski definition) is 1. The minimum Gasteiger partial charge on any atom is -0.354 e. The van der Waals surface area contributed by atoms with Gasteiger partial charge in [0, 0.05) is 49.0 Å². The van der Waals surface area contributed by atoms with E-state index in [-0.39, 0.29) is 12.4 Å². The zero-order valence-corrected chi connectivity index (χ0v) is 18.5. The number of piperazine rings is 1. The molecule has 0 bridgehead atoms. The van der Waals surface area contributed by atoms with Crippen molar-refractivity contribution >= 4 is 49.7 Å².